The molecule has 0 aliphatic carbocycles. The molecule has 0 radical (unpaired) electrons. The van der Waals surface area contributed by atoms with Gasteiger partial charge in [-0.3, -0.25) is 18.2 Å². The van der Waals surface area contributed by atoms with E-state index in [0.29, 0.717) is 29.6 Å². The Hall–Kier alpha value is -10.1. The van der Waals surface area contributed by atoms with E-state index in [2.05, 4.69) is 86.8 Å². The maximum atomic E-state index is 13.2. The van der Waals surface area contributed by atoms with Crippen molar-refractivity contribution < 1.29 is 112 Å². The van der Waals surface area contributed by atoms with Crippen LogP contribution in [0.2, 0.25) is 0 Å². The van der Waals surface area contributed by atoms with Crippen molar-refractivity contribution in [1.29, 1.82) is 0 Å². The van der Waals surface area contributed by atoms with E-state index < -0.39 is 79.6 Å². The molecule has 9 aromatic rings. The smallest absolute Gasteiger partial charge is 0.295 e. The Morgan fingerprint density at radius 3 is 0.885 bits per heavy atom. The van der Waals surface area contributed by atoms with Gasteiger partial charge in [-0.15, -0.1) is 8.67 Å². The Morgan fingerprint density at radius 2 is 0.619 bits per heavy atom. The summed E-state index contributed by atoms with van der Waals surface area (Å²) in [6.07, 6.45) is 1.56. The van der Waals surface area contributed by atoms with E-state index in [1.165, 1.54) is 146 Å². The van der Waals surface area contributed by atoms with Crippen LogP contribution in [-0.4, -0.2) is 215 Å². The number of nitrogens with one attached hydrogen (secondary N) is 6. The molecule has 4 atom stereocenters. The minimum Gasteiger partial charge on any atom is -0.395 e. The quantitative estimate of drug-likeness (QED) is 0.00614. The summed E-state index contributed by atoms with van der Waals surface area (Å²) in [5, 5.41) is 105. The van der Waals surface area contributed by atoms with Crippen LogP contribution in [0.3, 0.4) is 0 Å². The van der Waals surface area contributed by atoms with Crippen LogP contribution in [0.25, 0.3) is 24.3 Å². The topological polar surface area (TPSA) is 614 Å². The lowest BCUT2D eigenvalue weighted by Crippen LogP contribution is -2.37. The largest absolute Gasteiger partial charge is 0.395 e. The molecule has 113 heavy (non-hydrogen) atoms. The number of anilines is 15. The molecule has 9 rings (SSSR count). The highest BCUT2D eigenvalue weighted by atomic mass is 32.2. The first-order valence-corrected chi connectivity index (χ1v) is 40.2. The van der Waals surface area contributed by atoms with Gasteiger partial charge in [0.05, 0.1) is 71.5 Å². The third kappa shape index (κ3) is 26.0. The summed E-state index contributed by atoms with van der Waals surface area (Å²) in [6.45, 7) is 4.77. The Kier molecular flexibility index (Phi) is 30.0. The molecule has 0 saturated carbocycles. The molecule has 0 fully saturated rings. The molecule has 6 aromatic carbocycles. The number of hydrogen-bond donors (Lipinski definition) is 18. The van der Waals surface area contributed by atoms with Crippen molar-refractivity contribution >= 4 is 177 Å². The number of aliphatic hydroxyl groups is 6. The maximum absolute atomic E-state index is 13.2. The van der Waals surface area contributed by atoms with E-state index in [0.717, 1.165) is 36.4 Å². The second-order valence-electron chi connectivity index (χ2n) is 24.3. The van der Waals surface area contributed by atoms with Gasteiger partial charge in [-0.25, -0.2) is 10.5 Å². The monoisotopic (exact) mass is 1680 g/mol. The van der Waals surface area contributed by atoms with Crippen LogP contribution >= 0.6 is 24.1 Å². The predicted octanol–water partition coefficient (Wildman–Crippen LogP) is 6.81. The van der Waals surface area contributed by atoms with Crippen molar-refractivity contribution in [2.75, 3.05) is 99.1 Å². The van der Waals surface area contributed by atoms with Gasteiger partial charge in [-0.2, -0.15) is 78.5 Å². The zero-order valence-corrected chi connectivity index (χ0v) is 64.3. The molecule has 604 valence electrons. The number of hydrogen-bond acceptors (Lipinski definition) is 40. The van der Waals surface area contributed by atoms with Gasteiger partial charge in [0.25, 0.3) is 40.5 Å². The van der Waals surface area contributed by atoms with Crippen LogP contribution in [-0.2, 0) is 59.2 Å². The number of rotatable bonds is 41. The highest BCUT2D eigenvalue weighted by Crippen LogP contribution is 2.36. The Morgan fingerprint density at radius 1 is 0.363 bits per heavy atom. The van der Waals surface area contributed by atoms with E-state index in [-0.39, 0.29) is 172 Å². The van der Waals surface area contributed by atoms with Crippen LogP contribution in [0.4, 0.5) is 87.7 Å². The van der Waals surface area contributed by atoms with Crippen molar-refractivity contribution in [3.8, 4) is 0 Å². The van der Waals surface area contributed by atoms with E-state index in [4.69, 9.17) is 8.67 Å². The molecule has 0 amide bonds. The van der Waals surface area contributed by atoms with Gasteiger partial charge in [0, 0.05) is 83.2 Å². The third-order valence-corrected chi connectivity index (χ3v) is 19.9. The Bertz CT molecular complexity index is 5320. The molecule has 0 aliphatic rings. The first kappa shape index (κ1) is 86.9. The van der Waals surface area contributed by atoms with Gasteiger partial charge in [0.2, 0.25) is 53.5 Å². The van der Waals surface area contributed by atoms with Crippen molar-refractivity contribution in [3.05, 3.63) is 144 Å². The molecule has 3 aromatic heterocycles. The summed E-state index contributed by atoms with van der Waals surface area (Å²) in [7, 11) is -19.2. The van der Waals surface area contributed by atoms with E-state index >= 15 is 0 Å². The maximum Gasteiger partial charge on any atom is 0.295 e. The molecular weight excluding hydrogens is 1610 g/mol. The molecule has 0 saturated heterocycles. The number of aromatic nitrogens is 9. The van der Waals surface area contributed by atoms with E-state index in [1.807, 2.05) is 0 Å². The summed E-state index contributed by atoms with van der Waals surface area (Å²) in [5.41, 5.74) is 1.46. The molecule has 48 heteroatoms. The summed E-state index contributed by atoms with van der Waals surface area (Å²) in [6, 6.07) is 26.4. The Labute approximate surface area is 653 Å². The lowest BCUT2D eigenvalue weighted by Gasteiger charge is -2.26. The summed E-state index contributed by atoms with van der Waals surface area (Å²) in [5.74, 6) is -1.26. The highest BCUT2D eigenvalue weighted by molar-refractivity contribution is 7.95. The van der Waals surface area contributed by atoms with Crippen LogP contribution in [0, 0.1) is 0 Å². The lowest BCUT2D eigenvalue weighted by atomic mass is 10.1. The molecule has 0 aliphatic heterocycles. The first-order chi connectivity index (χ1) is 53.5. The minimum absolute atomic E-state index is 0.00919. The van der Waals surface area contributed by atoms with E-state index in [1.54, 1.807) is 6.07 Å². The zero-order chi connectivity index (χ0) is 82.0. The summed E-state index contributed by atoms with van der Waals surface area (Å²) < 4.78 is 149. The summed E-state index contributed by atoms with van der Waals surface area (Å²) >= 11 is 0.991. The van der Waals surface area contributed by atoms with Crippen LogP contribution < -0.4 is 46.6 Å². The van der Waals surface area contributed by atoms with Gasteiger partial charge >= 0.3 is 0 Å². The molecule has 4 unspecified atom stereocenters. The Balaban J connectivity index is 0.992. The highest BCUT2D eigenvalue weighted by Gasteiger charge is 2.25. The third-order valence-electron chi connectivity index (χ3n) is 15.0. The molecule has 42 nitrogen and oxygen atoms in total. The fourth-order valence-electron chi connectivity index (χ4n) is 10.4. The van der Waals surface area contributed by atoms with Gasteiger partial charge in [0.1, 0.15) is 9.79 Å². The number of aliphatic hydroxyl groups excluding tert-OH is 6. The second kappa shape index (κ2) is 39.1. The number of benzene rings is 6. The average Bonchev–Trinajstić information content (AvgIpc) is 0.810. The standard InChI is InChI=1S/C65H74N18O24S6/c1-37(86)33-82(34-38(2)87)64-77-58(67-46-19-23-52(24-20-46)111(95,96)97)73-61(79-64)70-49-15-11-43(55(31-49)112(98,99)100)8-6-42-10-14-48(30-54(42)109-107-105-91)69-60-74-62(80-65(78-60)83(35-39(3)88)36-40(4)89)71-50-16-12-44(56(32-50)113(101,102)103)7-5-41-9-13-47(29-53(41)108-106-104-90)68-59-72-57(75-63(76-59)81(25-27-84)26-28-85)66-45-17-21-51(22-18-45)110(92,93)94/h5-24,29-32,37-40,84-91H,25-28,33-36H2,1-4H3,(H,92,93,94)(H,95,96,97)(H,98,99,100)(H,101,102,103)(H2,66,68,72,75,76)(H2,67,70,73,77,79)(H2,69,71,74,78,80)/b7-5+,8-6+. The van der Waals surface area contributed by atoms with Crippen LogP contribution in [0.1, 0.15) is 49.9 Å². The van der Waals surface area contributed by atoms with Crippen molar-refractivity contribution in [1.82, 2.24) is 44.9 Å². The van der Waals surface area contributed by atoms with Gasteiger partial charge in [-0.05, 0) is 147 Å². The van der Waals surface area contributed by atoms with Gasteiger partial charge < -0.3 is 77.2 Å². The van der Waals surface area contributed by atoms with Crippen molar-refractivity contribution in [2.24, 2.45) is 0 Å². The SMILES string of the molecule is CC(O)CN(CC(C)O)c1nc(Nc2ccc(S(=O)(=O)O)cc2)nc(Nc2ccc(/C=C/c3ccc(Nc4nc(Nc5ccc(/C=C/c6ccc(Nc7nc(Nc8ccc(S(=O)(=O)O)cc8)nc(N(CCO)CCO)n7)cc6SOOO)c(S(=O)(=O)O)c5)nc(N(CC(C)O)CC(C)O)n4)cc3SOOO)c(S(=O)(=O)O)c2)n1. The van der Waals surface area contributed by atoms with Crippen LogP contribution in [0.5, 0.6) is 0 Å². The molecule has 18 N–H and O–H groups in total. The molecule has 3 heterocycles. The van der Waals surface area contributed by atoms with Gasteiger partial charge in [-0.1, -0.05) is 58.6 Å². The minimum atomic E-state index is -5.06. The van der Waals surface area contributed by atoms with Crippen LogP contribution in [0.15, 0.2) is 151 Å². The fraction of sp³-hybridized carbons (Fsp3) is 0.246. The zero-order valence-electron chi connectivity index (χ0n) is 59.4. The summed E-state index contributed by atoms with van der Waals surface area (Å²) in [4.78, 5) is 42.8. The molecule has 0 bridgehead atoms. The van der Waals surface area contributed by atoms with E-state index in [9.17, 15) is 93.0 Å². The second-order valence-corrected chi connectivity index (χ2v) is 31.4. The molecule has 0 spiro atoms. The fourth-order valence-corrected chi connectivity index (χ4v) is 13.8. The first-order valence-electron chi connectivity index (χ1n) is 32.9. The predicted molar refractivity (Wildman–Crippen MR) is 414 cm³/mol. The van der Waals surface area contributed by atoms with Gasteiger partial charge in [0.15, 0.2) is 0 Å². The lowest BCUT2D eigenvalue weighted by molar-refractivity contribution is -0.432. The van der Waals surface area contributed by atoms with Crippen molar-refractivity contribution in [2.45, 2.75) is 81.5 Å². The van der Waals surface area contributed by atoms with Crippen molar-refractivity contribution in [3.63, 3.8) is 0 Å². The molecular formula is C65H74N18O24S6. The average molecular weight is 1680 g/mol. The normalized spacial score (nSPS) is 13.2. The number of nitrogens with zero attached hydrogens (tertiary/aromatic N) is 12.